The number of hydrogen-bond donors (Lipinski definition) is 1. The molecule has 2 aromatic carbocycles. The number of carbonyl (C=O) groups is 1. The van der Waals surface area contributed by atoms with Gasteiger partial charge in [-0.2, -0.15) is 0 Å². The molecule has 0 spiro atoms. The molecule has 0 amide bonds. The van der Waals surface area contributed by atoms with Gasteiger partial charge in [0.1, 0.15) is 4.53 Å². The van der Waals surface area contributed by atoms with Crippen molar-refractivity contribution in [1.29, 1.82) is 0 Å². The summed E-state index contributed by atoms with van der Waals surface area (Å²) in [6.07, 6.45) is 0.924. The Morgan fingerprint density at radius 1 is 1.24 bits per heavy atom. The average Bonchev–Trinajstić information content (AvgIpc) is 2.89. The van der Waals surface area contributed by atoms with Crippen molar-refractivity contribution in [3.05, 3.63) is 84.4 Å². The van der Waals surface area contributed by atoms with Gasteiger partial charge < -0.3 is 5.11 Å². The summed E-state index contributed by atoms with van der Waals surface area (Å²) in [6, 6.07) is 14.5. The van der Waals surface area contributed by atoms with Crippen LogP contribution in [0, 0.1) is 0 Å². The minimum atomic E-state index is -1.16. The lowest BCUT2D eigenvalue weighted by Crippen LogP contribution is -2.37. The van der Waals surface area contributed by atoms with Crippen LogP contribution in [0.5, 0.6) is 0 Å². The highest BCUT2D eigenvalue weighted by molar-refractivity contribution is 7.07. The quantitative estimate of drug-likeness (QED) is 0.588. The second-order valence-corrected chi connectivity index (χ2v) is 6.98. The Kier molecular flexibility index (Phi) is 3.78. The summed E-state index contributed by atoms with van der Waals surface area (Å²) in [4.78, 5) is 28.8. The summed E-state index contributed by atoms with van der Waals surface area (Å²) in [7, 11) is 0. The fraction of sp³-hybridized carbons (Fsp3) is 0.0556. The highest BCUT2D eigenvalue weighted by Crippen LogP contribution is 2.35. The molecule has 5 nitrogen and oxygen atoms in total. The second-order valence-electron chi connectivity index (χ2n) is 5.53. The molecule has 25 heavy (non-hydrogen) atoms. The molecule has 4 rings (SSSR count). The summed E-state index contributed by atoms with van der Waals surface area (Å²) in [5.41, 5.74) is 2.07. The van der Waals surface area contributed by atoms with E-state index in [2.05, 4.69) is 4.99 Å². The minimum Gasteiger partial charge on any atom is -0.478 e. The number of benzene rings is 2. The van der Waals surface area contributed by atoms with E-state index in [1.807, 2.05) is 36.4 Å². The Morgan fingerprint density at radius 2 is 2.00 bits per heavy atom. The van der Waals surface area contributed by atoms with Gasteiger partial charge in [0.2, 0.25) is 0 Å². The van der Waals surface area contributed by atoms with E-state index in [1.165, 1.54) is 4.57 Å². The van der Waals surface area contributed by atoms with Gasteiger partial charge >= 0.3 is 5.97 Å². The number of halogens is 1. The van der Waals surface area contributed by atoms with Crippen molar-refractivity contribution in [2.45, 2.75) is 6.04 Å². The molecule has 0 bridgehead atoms. The van der Waals surface area contributed by atoms with Gasteiger partial charge in [-0.25, -0.2) is 9.79 Å². The summed E-state index contributed by atoms with van der Waals surface area (Å²) in [5.74, 6) is -1.16. The van der Waals surface area contributed by atoms with Crippen LogP contribution in [0.3, 0.4) is 0 Å². The molecule has 124 valence electrons. The number of carboxylic acids is 1. The van der Waals surface area contributed by atoms with Crippen LogP contribution in [-0.4, -0.2) is 15.6 Å². The SMILES string of the molecule is O=C(O)/C=c1\sc2n(c1=O)C(c1ccccc1)c1cc(Cl)ccc1N=2. The van der Waals surface area contributed by atoms with Crippen LogP contribution in [0.15, 0.2) is 58.3 Å². The maximum absolute atomic E-state index is 12.8. The topological polar surface area (TPSA) is 71.7 Å². The zero-order valence-corrected chi connectivity index (χ0v) is 14.3. The zero-order valence-electron chi connectivity index (χ0n) is 12.7. The van der Waals surface area contributed by atoms with Crippen LogP contribution in [0.1, 0.15) is 17.2 Å². The number of hydrogen-bond acceptors (Lipinski definition) is 4. The molecule has 3 aromatic rings. The van der Waals surface area contributed by atoms with Gasteiger partial charge in [0.15, 0.2) is 4.80 Å². The molecule has 2 heterocycles. The zero-order chi connectivity index (χ0) is 17.6. The Bertz CT molecular complexity index is 1170. The number of aromatic nitrogens is 1. The summed E-state index contributed by atoms with van der Waals surface area (Å²) in [5, 5.41) is 9.55. The molecule has 1 aromatic heterocycles. The Balaban J connectivity index is 2.10. The van der Waals surface area contributed by atoms with Crippen LogP contribution >= 0.6 is 22.9 Å². The van der Waals surface area contributed by atoms with E-state index < -0.39 is 12.0 Å². The number of carboxylic acid groups (broad SMARTS) is 1. The Labute approximate surface area is 150 Å². The van der Waals surface area contributed by atoms with Gasteiger partial charge in [-0.15, -0.1) is 0 Å². The van der Waals surface area contributed by atoms with Crippen LogP contribution in [-0.2, 0) is 4.79 Å². The lowest BCUT2D eigenvalue weighted by Gasteiger charge is -2.24. The largest absolute Gasteiger partial charge is 0.478 e. The summed E-state index contributed by atoms with van der Waals surface area (Å²) >= 11 is 7.23. The number of thiazole rings is 1. The normalized spacial score (nSPS) is 16.0. The molecule has 0 fully saturated rings. The van der Waals surface area contributed by atoms with Crippen LogP contribution in [0.25, 0.3) is 6.08 Å². The predicted molar refractivity (Wildman–Crippen MR) is 96.3 cm³/mol. The second kappa shape index (κ2) is 5.98. The third-order valence-electron chi connectivity index (χ3n) is 3.97. The number of nitrogens with zero attached hydrogens (tertiary/aromatic N) is 2. The van der Waals surface area contributed by atoms with E-state index >= 15 is 0 Å². The molecular weight excluding hydrogens is 360 g/mol. The Morgan fingerprint density at radius 3 is 2.72 bits per heavy atom. The highest BCUT2D eigenvalue weighted by Gasteiger charge is 2.27. The fourth-order valence-corrected chi connectivity index (χ4v) is 4.11. The first-order valence-corrected chi connectivity index (χ1v) is 8.63. The predicted octanol–water partition coefficient (Wildman–Crippen LogP) is 2.33. The maximum atomic E-state index is 12.8. The molecule has 0 saturated heterocycles. The fourth-order valence-electron chi connectivity index (χ4n) is 2.96. The Hall–Kier alpha value is -2.70. The molecule has 7 heteroatoms. The lowest BCUT2D eigenvalue weighted by atomic mass is 9.96. The number of aliphatic carboxylic acids is 1. The molecule has 1 unspecified atom stereocenters. The van der Waals surface area contributed by atoms with E-state index in [0.29, 0.717) is 9.82 Å². The van der Waals surface area contributed by atoms with E-state index in [1.54, 1.807) is 12.1 Å². The van der Waals surface area contributed by atoms with Gasteiger partial charge in [-0.3, -0.25) is 9.36 Å². The van der Waals surface area contributed by atoms with Gasteiger partial charge in [-0.1, -0.05) is 53.3 Å². The maximum Gasteiger partial charge on any atom is 0.329 e. The van der Waals surface area contributed by atoms with Gasteiger partial charge in [0.25, 0.3) is 5.56 Å². The molecule has 0 aliphatic carbocycles. The monoisotopic (exact) mass is 370 g/mol. The van der Waals surface area contributed by atoms with Crippen molar-refractivity contribution in [3.8, 4) is 0 Å². The van der Waals surface area contributed by atoms with Crippen molar-refractivity contribution in [3.63, 3.8) is 0 Å². The van der Waals surface area contributed by atoms with Crippen LogP contribution in [0.4, 0.5) is 5.69 Å². The first-order valence-electron chi connectivity index (χ1n) is 7.44. The van der Waals surface area contributed by atoms with E-state index in [9.17, 15) is 9.59 Å². The first kappa shape index (κ1) is 15.8. The van der Waals surface area contributed by atoms with Gasteiger partial charge in [-0.05, 0) is 23.8 Å². The van der Waals surface area contributed by atoms with Crippen molar-refractivity contribution in [1.82, 2.24) is 4.57 Å². The molecule has 0 radical (unpaired) electrons. The van der Waals surface area contributed by atoms with E-state index in [-0.39, 0.29) is 10.1 Å². The molecule has 1 aliphatic heterocycles. The molecule has 0 saturated carbocycles. The molecule has 1 aliphatic rings. The highest BCUT2D eigenvalue weighted by atomic mass is 35.5. The number of fused-ring (bicyclic) bond motifs is 2. The third kappa shape index (κ3) is 2.69. The summed E-state index contributed by atoms with van der Waals surface area (Å²) in [6.45, 7) is 0. The van der Waals surface area contributed by atoms with Crippen molar-refractivity contribution < 1.29 is 9.90 Å². The molecule has 1 N–H and O–H groups in total. The van der Waals surface area contributed by atoms with Gasteiger partial charge in [0.05, 0.1) is 11.7 Å². The third-order valence-corrected chi connectivity index (χ3v) is 5.18. The average molecular weight is 371 g/mol. The number of rotatable bonds is 2. The summed E-state index contributed by atoms with van der Waals surface area (Å²) < 4.78 is 1.68. The van der Waals surface area contributed by atoms with E-state index in [4.69, 9.17) is 16.7 Å². The van der Waals surface area contributed by atoms with Gasteiger partial charge in [0, 0.05) is 16.7 Å². The minimum absolute atomic E-state index is 0.145. The van der Waals surface area contributed by atoms with Crippen molar-refractivity contribution in [2.24, 2.45) is 4.99 Å². The van der Waals surface area contributed by atoms with Crippen LogP contribution in [0.2, 0.25) is 5.02 Å². The smallest absolute Gasteiger partial charge is 0.329 e. The lowest BCUT2D eigenvalue weighted by molar-refractivity contribution is -0.129. The standard InChI is InChI=1S/C18H11ClN2O3S/c19-11-6-7-13-12(8-11)16(10-4-2-1-3-5-10)21-17(24)14(9-15(22)23)25-18(21)20-13/h1-9,16H,(H,22,23)/b14-9-. The van der Waals surface area contributed by atoms with Crippen molar-refractivity contribution >= 4 is 40.7 Å². The first-order chi connectivity index (χ1) is 12.0. The van der Waals surface area contributed by atoms with Crippen molar-refractivity contribution in [2.75, 3.05) is 0 Å². The van der Waals surface area contributed by atoms with Crippen LogP contribution < -0.4 is 14.9 Å². The molecular formula is C18H11ClN2O3S. The van der Waals surface area contributed by atoms with E-state index in [0.717, 1.165) is 34.2 Å². The molecule has 1 atom stereocenters.